The van der Waals surface area contributed by atoms with Gasteiger partial charge in [0.25, 0.3) is 0 Å². The van der Waals surface area contributed by atoms with Crippen molar-refractivity contribution in [1.82, 2.24) is 10.2 Å². The van der Waals surface area contributed by atoms with Crippen molar-refractivity contribution in [1.29, 1.82) is 0 Å². The van der Waals surface area contributed by atoms with Gasteiger partial charge in [0.15, 0.2) is 0 Å². The van der Waals surface area contributed by atoms with E-state index in [4.69, 9.17) is 0 Å². The Hall–Kier alpha value is -0.0800. The van der Waals surface area contributed by atoms with Crippen LogP contribution in [0, 0.1) is 5.92 Å². The van der Waals surface area contributed by atoms with Gasteiger partial charge in [0.1, 0.15) is 0 Å². The maximum absolute atomic E-state index is 3.51. The van der Waals surface area contributed by atoms with Crippen LogP contribution in [-0.2, 0) is 0 Å². The Balaban J connectivity index is 3.98. The average Bonchev–Trinajstić information content (AvgIpc) is 2.18. The van der Waals surface area contributed by atoms with Gasteiger partial charge in [0, 0.05) is 12.1 Å². The second kappa shape index (κ2) is 8.12. The molecule has 0 aromatic rings. The van der Waals surface area contributed by atoms with E-state index >= 15 is 0 Å². The molecule has 0 rings (SSSR count). The van der Waals surface area contributed by atoms with Crippen molar-refractivity contribution in [2.45, 2.75) is 60.0 Å². The predicted molar refractivity (Wildman–Crippen MR) is 69.3 cm³/mol. The Morgan fingerprint density at radius 1 is 1.07 bits per heavy atom. The van der Waals surface area contributed by atoms with E-state index in [9.17, 15) is 0 Å². The van der Waals surface area contributed by atoms with Gasteiger partial charge in [-0.3, -0.25) is 4.90 Å². The minimum absolute atomic E-state index is 0.652. The minimum atomic E-state index is 0.652. The van der Waals surface area contributed by atoms with E-state index in [1.54, 1.807) is 0 Å². The summed E-state index contributed by atoms with van der Waals surface area (Å²) in [7, 11) is 0. The lowest BCUT2D eigenvalue weighted by atomic mass is 10.0. The largest absolute Gasteiger partial charge is 0.316 e. The normalized spacial score (nSPS) is 16.0. The fourth-order valence-electron chi connectivity index (χ4n) is 2.13. The highest BCUT2D eigenvalue weighted by atomic mass is 15.2. The van der Waals surface area contributed by atoms with Crippen LogP contribution in [0.2, 0.25) is 0 Å². The Kier molecular flexibility index (Phi) is 8.07. The molecule has 0 saturated carbocycles. The molecule has 0 aliphatic carbocycles. The Morgan fingerprint density at radius 3 is 2.07 bits per heavy atom. The van der Waals surface area contributed by atoms with Gasteiger partial charge in [0.05, 0.1) is 0 Å². The Morgan fingerprint density at radius 2 is 1.67 bits per heavy atom. The molecule has 15 heavy (non-hydrogen) atoms. The number of rotatable bonds is 8. The zero-order valence-corrected chi connectivity index (χ0v) is 11.5. The predicted octanol–water partition coefficient (Wildman–Crippen LogP) is 2.74. The van der Waals surface area contributed by atoms with Crippen LogP contribution >= 0.6 is 0 Å². The highest BCUT2D eigenvalue weighted by Crippen LogP contribution is 2.13. The van der Waals surface area contributed by atoms with Crippen molar-refractivity contribution in [2.24, 2.45) is 5.92 Å². The Bertz CT molecular complexity index is 145. The third kappa shape index (κ3) is 5.53. The number of nitrogens with one attached hydrogen (secondary N) is 1. The lowest BCUT2D eigenvalue weighted by Gasteiger charge is -2.35. The van der Waals surface area contributed by atoms with Gasteiger partial charge in [-0.25, -0.2) is 0 Å². The van der Waals surface area contributed by atoms with Crippen LogP contribution in [0.4, 0.5) is 0 Å². The van der Waals surface area contributed by atoms with Crippen molar-refractivity contribution in [3.63, 3.8) is 0 Å². The summed E-state index contributed by atoms with van der Waals surface area (Å²) in [6, 6.07) is 1.32. The lowest BCUT2D eigenvalue weighted by Crippen LogP contribution is -2.44. The molecular formula is C13H30N2. The molecule has 0 bridgehead atoms. The van der Waals surface area contributed by atoms with E-state index in [0.29, 0.717) is 12.1 Å². The van der Waals surface area contributed by atoms with E-state index in [2.05, 4.69) is 51.8 Å². The molecule has 0 fully saturated rings. The molecule has 0 radical (unpaired) electrons. The van der Waals surface area contributed by atoms with Crippen LogP contribution in [0.25, 0.3) is 0 Å². The van der Waals surface area contributed by atoms with Crippen LogP contribution in [-0.4, -0.2) is 36.6 Å². The van der Waals surface area contributed by atoms with Crippen molar-refractivity contribution >= 4 is 0 Å². The highest BCUT2D eigenvalue weighted by Gasteiger charge is 2.20. The smallest absolute Gasteiger partial charge is 0.0107 e. The number of hydrogen-bond donors (Lipinski definition) is 1. The molecule has 0 aliphatic rings. The maximum atomic E-state index is 3.51. The van der Waals surface area contributed by atoms with Crippen LogP contribution < -0.4 is 5.32 Å². The first-order valence-corrected chi connectivity index (χ1v) is 6.50. The third-order valence-corrected chi connectivity index (χ3v) is 3.27. The molecule has 2 atom stereocenters. The summed E-state index contributed by atoms with van der Waals surface area (Å²) >= 11 is 0. The van der Waals surface area contributed by atoms with Gasteiger partial charge in [-0.1, -0.05) is 20.8 Å². The average molecular weight is 214 g/mol. The lowest BCUT2D eigenvalue weighted by molar-refractivity contribution is 0.131. The first-order valence-electron chi connectivity index (χ1n) is 6.50. The molecule has 1 N–H and O–H groups in total. The molecule has 2 nitrogen and oxygen atoms in total. The molecule has 0 heterocycles. The number of hydrogen-bond acceptors (Lipinski definition) is 2. The fraction of sp³-hybridized carbons (Fsp3) is 1.00. The summed E-state index contributed by atoms with van der Waals surface area (Å²) < 4.78 is 0. The van der Waals surface area contributed by atoms with Crippen LogP contribution in [0.1, 0.15) is 48.0 Å². The zero-order chi connectivity index (χ0) is 11.8. The van der Waals surface area contributed by atoms with E-state index in [1.165, 1.54) is 6.42 Å². The summed E-state index contributed by atoms with van der Waals surface area (Å²) in [6.07, 6.45) is 1.22. The van der Waals surface area contributed by atoms with E-state index < -0.39 is 0 Å². The second-order valence-corrected chi connectivity index (χ2v) is 4.85. The van der Waals surface area contributed by atoms with E-state index in [0.717, 1.165) is 25.6 Å². The first-order chi connectivity index (χ1) is 7.04. The summed E-state index contributed by atoms with van der Waals surface area (Å²) in [4.78, 5) is 2.57. The van der Waals surface area contributed by atoms with Crippen molar-refractivity contribution in [3.05, 3.63) is 0 Å². The monoisotopic (exact) mass is 214 g/mol. The molecule has 0 saturated heterocycles. The van der Waals surface area contributed by atoms with Gasteiger partial charge in [-0.05, 0) is 52.7 Å². The minimum Gasteiger partial charge on any atom is -0.316 e. The van der Waals surface area contributed by atoms with E-state index in [1.807, 2.05) is 0 Å². The molecule has 0 aromatic heterocycles. The molecule has 92 valence electrons. The Labute approximate surface area is 96.4 Å². The van der Waals surface area contributed by atoms with Gasteiger partial charge in [0.2, 0.25) is 0 Å². The molecule has 2 heteroatoms. The SMILES string of the molecule is CCCNCC(C)C(C)N(CC)C(C)C. The van der Waals surface area contributed by atoms with Gasteiger partial charge >= 0.3 is 0 Å². The molecule has 0 aromatic carbocycles. The van der Waals surface area contributed by atoms with Gasteiger partial charge in [-0.2, -0.15) is 0 Å². The quantitative estimate of drug-likeness (QED) is 0.625. The maximum Gasteiger partial charge on any atom is 0.0107 e. The molecule has 0 amide bonds. The topological polar surface area (TPSA) is 15.3 Å². The second-order valence-electron chi connectivity index (χ2n) is 4.85. The zero-order valence-electron chi connectivity index (χ0n) is 11.5. The van der Waals surface area contributed by atoms with Gasteiger partial charge < -0.3 is 5.32 Å². The molecular weight excluding hydrogens is 184 g/mol. The molecule has 0 spiro atoms. The van der Waals surface area contributed by atoms with Crippen molar-refractivity contribution in [3.8, 4) is 0 Å². The van der Waals surface area contributed by atoms with Crippen LogP contribution in [0.5, 0.6) is 0 Å². The summed E-state index contributed by atoms with van der Waals surface area (Å²) in [5.74, 6) is 0.721. The van der Waals surface area contributed by atoms with Crippen LogP contribution in [0.3, 0.4) is 0 Å². The van der Waals surface area contributed by atoms with Crippen molar-refractivity contribution < 1.29 is 0 Å². The summed E-state index contributed by atoms with van der Waals surface area (Å²) in [6.45, 7) is 17.2. The van der Waals surface area contributed by atoms with Crippen LogP contribution in [0.15, 0.2) is 0 Å². The van der Waals surface area contributed by atoms with Crippen molar-refractivity contribution in [2.75, 3.05) is 19.6 Å². The fourth-order valence-corrected chi connectivity index (χ4v) is 2.13. The summed E-state index contributed by atoms with van der Waals surface area (Å²) in [5, 5.41) is 3.51. The molecule has 2 unspecified atom stereocenters. The third-order valence-electron chi connectivity index (χ3n) is 3.27. The highest BCUT2D eigenvalue weighted by molar-refractivity contribution is 4.76. The standard InChI is InChI=1S/C13H30N2/c1-7-9-14-10-12(5)13(6)15(8-2)11(3)4/h11-14H,7-10H2,1-6H3. The van der Waals surface area contributed by atoms with E-state index in [-0.39, 0.29) is 0 Å². The summed E-state index contributed by atoms with van der Waals surface area (Å²) in [5.41, 5.74) is 0. The molecule has 0 aliphatic heterocycles. The van der Waals surface area contributed by atoms with Gasteiger partial charge in [-0.15, -0.1) is 0 Å². The first kappa shape index (κ1) is 14.9. The number of nitrogens with zero attached hydrogens (tertiary/aromatic N) is 1.